The van der Waals surface area contributed by atoms with Gasteiger partial charge in [0.1, 0.15) is 11.0 Å². The van der Waals surface area contributed by atoms with Crippen LogP contribution in [0.4, 0.5) is 4.79 Å². The van der Waals surface area contributed by atoms with E-state index in [-0.39, 0.29) is 5.69 Å². The Bertz CT molecular complexity index is 654. The van der Waals surface area contributed by atoms with Crippen LogP contribution >= 0.6 is 0 Å². The van der Waals surface area contributed by atoms with Crippen LogP contribution in [0.25, 0.3) is 0 Å². The summed E-state index contributed by atoms with van der Waals surface area (Å²) in [6, 6.07) is 0. The summed E-state index contributed by atoms with van der Waals surface area (Å²) in [5.74, 6) is -1.91. The number of aromatic nitrogens is 2. The number of nitrogens with zero attached hydrogens (tertiary/aromatic N) is 2. The highest BCUT2D eigenvalue weighted by Gasteiger charge is 2.31. The molecular formula is C13H19N3O6S. The van der Waals surface area contributed by atoms with Crippen molar-refractivity contribution < 1.29 is 27.9 Å². The van der Waals surface area contributed by atoms with Crippen molar-refractivity contribution in [3.05, 3.63) is 24.3 Å². The lowest BCUT2D eigenvalue weighted by molar-refractivity contribution is -0.137. The maximum absolute atomic E-state index is 12.3. The average molecular weight is 345 g/mol. The van der Waals surface area contributed by atoms with Crippen molar-refractivity contribution in [2.75, 3.05) is 0 Å². The molecule has 0 aliphatic heterocycles. The van der Waals surface area contributed by atoms with Gasteiger partial charge in [0.15, 0.2) is 9.84 Å². The van der Waals surface area contributed by atoms with E-state index in [0.717, 1.165) is 0 Å². The number of carbonyl (C=O) groups excluding carboxylic acids is 1. The number of nitrogens with one attached hydrogen (secondary N) is 1. The third-order valence-corrected chi connectivity index (χ3v) is 4.29. The van der Waals surface area contributed by atoms with Gasteiger partial charge in [-0.15, -0.1) is 0 Å². The molecule has 0 aliphatic rings. The van der Waals surface area contributed by atoms with E-state index in [9.17, 15) is 18.0 Å². The van der Waals surface area contributed by atoms with Gasteiger partial charge in [-0.3, -0.25) is 14.8 Å². The zero-order valence-corrected chi connectivity index (χ0v) is 13.8. The van der Waals surface area contributed by atoms with Crippen molar-refractivity contribution in [1.82, 2.24) is 15.3 Å². The maximum atomic E-state index is 12.3. The van der Waals surface area contributed by atoms with Gasteiger partial charge < -0.3 is 15.2 Å². The van der Waals surface area contributed by atoms with Crippen LogP contribution in [0.15, 0.2) is 18.6 Å². The Morgan fingerprint density at radius 1 is 1.35 bits per heavy atom. The minimum absolute atomic E-state index is 0.147. The Hall–Kier alpha value is -2.23. The summed E-state index contributed by atoms with van der Waals surface area (Å²) in [6.45, 7) is 4.81. The number of alkyl carbamates (subject to hydrolysis) is 1. The molecule has 1 heterocycles. The normalized spacial score (nSPS) is 13.2. The van der Waals surface area contributed by atoms with Crippen molar-refractivity contribution >= 4 is 21.9 Å². The topological polar surface area (TPSA) is 136 Å². The number of aliphatic carboxylic acids is 1. The van der Waals surface area contributed by atoms with Gasteiger partial charge in [0, 0.05) is 18.6 Å². The molecule has 1 amide bonds. The molecule has 23 heavy (non-hydrogen) atoms. The first-order valence-corrected chi connectivity index (χ1v) is 8.39. The Morgan fingerprint density at radius 3 is 2.48 bits per heavy atom. The number of hydrogen-bond acceptors (Lipinski definition) is 7. The number of hydrogen-bond donors (Lipinski definition) is 2. The lowest BCUT2D eigenvalue weighted by Crippen LogP contribution is -2.45. The maximum Gasteiger partial charge on any atom is 0.408 e. The van der Waals surface area contributed by atoms with Crippen LogP contribution in [0.1, 0.15) is 32.9 Å². The molecule has 0 aliphatic carbocycles. The van der Waals surface area contributed by atoms with E-state index in [1.807, 2.05) is 0 Å². The van der Waals surface area contributed by atoms with E-state index in [1.54, 1.807) is 20.8 Å². The van der Waals surface area contributed by atoms with Crippen LogP contribution in [-0.2, 0) is 25.1 Å². The summed E-state index contributed by atoms with van der Waals surface area (Å²) in [4.78, 5) is 30.2. The number of sulfone groups is 1. The van der Waals surface area contributed by atoms with Crippen LogP contribution in [0.3, 0.4) is 0 Å². The Kier molecular flexibility index (Phi) is 6.02. The average Bonchev–Trinajstić information content (AvgIpc) is 2.35. The monoisotopic (exact) mass is 345 g/mol. The van der Waals surface area contributed by atoms with Gasteiger partial charge in [-0.1, -0.05) is 0 Å². The van der Waals surface area contributed by atoms with Crippen LogP contribution in [0, 0.1) is 0 Å². The fourth-order valence-electron chi connectivity index (χ4n) is 1.58. The van der Waals surface area contributed by atoms with Gasteiger partial charge in [-0.2, -0.15) is 0 Å². The molecule has 2 N–H and O–H groups in total. The zero-order valence-electron chi connectivity index (χ0n) is 13.0. The van der Waals surface area contributed by atoms with Crippen LogP contribution in [-0.4, -0.2) is 46.5 Å². The molecule has 1 aromatic heterocycles. The molecule has 128 valence electrons. The largest absolute Gasteiger partial charge is 0.481 e. The highest BCUT2D eigenvalue weighted by atomic mass is 32.2. The molecule has 0 aromatic carbocycles. The number of carboxylic acids is 1. The van der Waals surface area contributed by atoms with E-state index in [2.05, 4.69) is 15.3 Å². The lowest BCUT2D eigenvalue weighted by atomic mass is 10.2. The minimum atomic E-state index is -4.02. The molecule has 9 nitrogen and oxygen atoms in total. The van der Waals surface area contributed by atoms with Crippen molar-refractivity contribution in [2.24, 2.45) is 0 Å². The van der Waals surface area contributed by atoms with Crippen LogP contribution in [0.2, 0.25) is 0 Å². The van der Waals surface area contributed by atoms with Gasteiger partial charge in [-0.05, 0) is 20.8 Å². The molecule has 0 saturated carbocycles. The van der Waals surface area contributed by atoms with E-state index in [1.165, 1.54) is 18.6 Å². The second kappa shape index (κ2) is 7.36. The second-order valence-electron chi connectivity index (χ2n) is 5.74. The summed E-state index contributed by atoms with van der Waals surface area (Å²) in [6.07, 6.45) is 2.15. The molecule has 0 saturated heterocycles. The third kappa shape index (κ3) is 7.04. The number of ether oxygens (including phenoxy) is 1. The molecule has 1 aromatic rings. The van der Waals surface area contributed by atoms with E-state index in [0.29, 0.717) is 0 Å². The quantitative estimate of drug-likeness (QED) is 0.769. The first kappa shape index (κ1) is 18.8. The minimum Gasteiger partial charge on any atom is -0.481 e. The molecule has 1 rings (SSSR count). The molecule has 10 heteroatoms. The van der Waals surface area contributed by atoms with Gasteiger partial charge in [0.05, 0.1) is 17.9 Å². The second-order valence-corrected chi connectivity index (χ2v) is 7.92. The molecule has 0 unspecified atom stereocenters. The Balaban J connectivity index is 2.91. The van der Waals surface area contributed by atoms with Crippen molar-refractivity contribution in [3.8, 4) is 0 Å². The zero-order chi connectivity index (χ0) is 17.7. The SMILES string of the molecule is CC(C)(C)OC(=O)N[C@@H](CC(=O)O)S(=O)(=O)Cc1cnccn1. The first-order chi connectivity index (χ1) is 10.5. The Morgan fingerprint density at radius 2 is 2.00 bits per heavy atom. The molecule has 0 spiro atoms. The fraction of sp³-hybridized carbons (Fsp3) is 0.538. The smallest absolute Gasteiger partial charge is 0.408 e. The molecule has 0 radical (unpaired) electrons. The fourth-order valence-corrected chi connectivity index (χ4v) is 3.01. The Labute approximate surface area is 134 Å². The highest BCUT2D eigenvalue weighted by molar-refractivity contribution is 7.91. The van der Waals surface area contributed by atoms with Gasteiger partial charge in [0.2, 0.25) is 0 Å². The molecule has 1 atom stereocenters. The summed E-state index contributed by atoms with van der Waals surface area (Å²) >= 11 is 0. The number of carbonyl (C=O) groups is 2. The molecular weight excluding hydrogens is 326 g/mol. The van der Waals surface area contributed by atoms with E-state index in [4.69, 9.17) is 9.84 Å². The summed E-state index contributed by atoms with van der Waals surface area (Å²) < 4.78 is 29.6. The summed E-state index contributed by atoms with van der Waals surface area (Å²) in [5, 5.41) is 9.33. The number of amides is 1. The van der Waals surface area contributed by atoms with Crippen molar-refractivity contribution in [3.63, 3.8) is 0 Å². The summed E-state index contributed by atoms with van der Waals surface area (Å²) in [7, 11) is -4.02. The third-order valence-electron chi connectivity index (χ3n) is 2.44. The van der Waals surface area contributed by atoms with Gasteiger partial charge >= 0.3 is 12.1 Å². The number of rotatable bonds is 6. The van der Waals surface area contributed by atoms with Crippen molar-refractivity contribution in [1.29, 1.82) is 0 Å². The lowest BCUT2D eigenvalue weighted by Gasteiger charge is -2.23. The standard InChI is InChI=1S/C13H19N3O6S/c1-13(2,3)22-12(19)16-10(6-11(17)18)23(20,21)8-9-7-14-4-5-15-9/h4-5,7,10H,6,8H2,1-3H3,(H,16,19)(H,17,18)/t10-/m1/s1. The van der Waals surface area contributed by atoms with Gasteiger partial charge in [0.25, 0.3) is 0 Å². The van der Waals surface area contributed by atoms with E-state index >= 15 is 0 Å². The predicted molar refractivity (Wildman–Crippen MR) is 80.1 cm³/mol. The van der Waals surface area contributed by atoms with E-state index < -0.39 is 45.0 Å². The van der Waals surface area contributed by atoms with Crippen molar-refractivity contribution in [2.45, 2.75) is 43.9 Å². The first-order valence-electron chi connectivity index (χ1n) is 6.67. The van der Waals surface area contributed by atoms with Crippen LogP contribution in [0.5, 0.6) is 0 Å². The summed E-state index contributed by atoms with van der Waals surface area (Å²) in [5.41, 5.74) is -0.694. The molecule has 0 fully saturated rings. The van der Waals surface area contributed by atoms with Crippen LogP contribution < -0.4 is 5.32 Å². The van der Waals surface area contributed by atoms with Gasteiger partial charge in [-0.25, -0.2) is 13.2 Å². The molecule has 0 bridgehead atoms. The number of carboxylic acid groups (broad SMARTS) is 1. The predicted octanol–water partition coefficient (Wildman–Crippen LogP) is 0.717. The highest BCUT2D eigenvalue weighted by Crippen LogP contribution is 2.13.